The quantitative estimate of drug-likeness (QED) is 0.666. The summed E-state index contributed by atoms with van der Waals surface area (Å²) in [5.74, 6) is 0.332. The highest BCUT2D eigenvalue weighted by atomic mass is 32.2. The highest BCUT2D eigenvalue weighted by Crippen LogP contribution is 2.28. The van der Waals surface area contributed by atoms with Crippen molar-refractivity contribution in [3.05, 3.63) is 39.7 Å². The Labute approximate surface area is 170 Å². The summed E-state index contributed by atoms with van der Waals surface area (Å²) in [6, 6.07) is 4.60. The lowest BCUT2D eigenvalue weighted by Crippen LogP contribution is -2.48. The molecule has 1 aliphatic heterocycles. The normalized spacial score (nSPS) is 19.2. The van der Waals surface area contributed by atoms with Crippen LogP contribution in [0.3, 0.4) is 0 Å². The first kappa shape index (κ1) is 21.4. The van der Waals surface area contributed by atoms with Crippen molar-refractivity contribution >= 4 is 26.7 Å². The molecule has 0 radical (unpaired) electrons. The molecule has 2 heterocycles. The Balaban J connectivity index is 1.81. The maximum absolute atomic E-state index is 12.9. The first-order valence-corrected chi connectivity index (χ1v) is 11.6. The number of benzene rings is 1. The fraction of sp³-hybridized carbons (Fsp3) is 0.524. The number of hydrogen-bond acceptors (Lipinski definition) is 6. The van der Waals surface area contributed by atoms with Gasteiger partial charge in [-0.15, -0.1) is 0 Å². The minimum Gasteiger partial charge on any atom is -0.483 e. The number of hydrogen-bond donors (Lipinski definition) is 0. The Bertz CT molecular complexity index is 1090. The van der Waals surface area contributed by atoms with Gasteiger partial charge in [-0.25, -0.2) is 13.2 Å². The third kappa shape index (κ3) is 4.47. The molecule has 0 N–H and O–H groups in total. The highest BCUT2D eigenvalue weighted by molar-refractivity contribution is 7.91. The lowest BCUT2D eigenvalue weighted by molar-refractivity contribution is -0.137. The van der Waals surface area contributed by atoms with Crippen LogP contribution in [0.15, 0.2) is 27.4 Å². The van der Waals surface area contributed by atoms with Gasteiger partial charge in [0, 0.05) is 29.1 Å². The molecule has 2 atom stereocenters. The number of carbonyl (C=O) groups excluding carboxylic acids is 1. The maximum Gasteiger partial charge on any atom is 0.336 e. The van der Waals surface area contributed by atoms with E-state index < -0.39 is 15.5 Å². The Hall–Kier alpha value is -2.35. The van der Waals surface area contributed by atoms with Gasteiger partial charge < -0.3 is 14.1 Å². The Kier molecular flexibility index (Phi) is 6.03. The zero-order chi connectivity index (χ0) is 21.3. The summed E-state index contributed by atoms with van der Waals surface area (Å²) in [4.78, 5) is 26.3. The topological polar surface area (TPSA) is 93.9 Å². The third-order valence-electron chi connectivity index (χ3n) is 5.62. The smallest absolute Gasteiger partial charge is 0.336 e. The average Bonchev–Trinajstić information content (AvgIpc) is 3.00. The van der Waals surface area contributed by atoms with E-state index in [-0.39, 0.29) is 36.1 Å². The van der Waals surface area contributed by atoms with Gasteiger partial charge in [0.2, 0.25) is 0 Å². The monoisotopic (exact) mass is 421 g/mol. The van der Waals surface area contributed by atoms with E-state index in [4.69, 9.17) is 9.15 Å². The van der Waals surface area contributed by atoms with E-state index in [0.29, 0.717) is 23.3 Å². The van der Waals surface area contributed by atoms with E-state index in [1.807, 2.05) is 20.8 Å². The van der Waals surface area contributed by atoms with Crippen LogP contribution in [0.1, 0.15) is 37.8 Å². The summed E-state index contributed by atoms with van der Waals surface area (Å²) in [7, 11) is -3.10. The lowest BCUT2D eigenvalue weighted by Gasteiger charge is -2.33. The van der Waals surface area contributed by atoms with Crippen LogP contribution >= 0.6 is 0 Å². The summed E-state index contributed by atoms with van der Waals surface area (Å²) in [6.45, 7) is 7.29. The molecule has 1 aliphatic rings. The minimum absolute atomic E-state index is 0.00250. The summed E-state index contributed by atoms with van der Waals surface area (Å²) in [5, 5.41) is 0.818. The van der Waals surface area contributed by atoms with Gasteiger partial charge in [-0.3, -0.25) is 4.79 Å². The van der Waals surface area contributed by atoms with Gasteiger partial charge in [-0.2, -0.15) is 0 Å². The van der Waals surface area contributed by atoms with Crippen molar-refractivity contribution in [3.63, 3.8) is 0 Å². The number of fused-ring (bicyclic) bond motifs is 1. The largest absolute Gasteiger partial charge is 0.483 e. The minimum atomic E-state index is -3.10. The summed E-state index contributed by atoms with van der Waals surface area (Å²) in [6.07, 6.45) is 1.18. The molecule has 1 aromatic heterocycles. The molecular formula is C21H27NO6S. The van der Waals surface area contributed by atoms with Gasteiger partial charge in [0.25, 0.3) is 5.91 Å². The van der Waals surface area contributed by atoms with E-state index in [1.165, 1.54) is 6.07 Å². The highest BCUT2D eigenvalue weighted by Gasteiger charge is 2.36. The fourth-order valence-electron chi connectivity index (χ4n) is 3.87. The molecule has 2 aromatic rings. The predicted octanol–water partition coefficient (Wildman–Crippen LogP) is 2.60. The number of nitrogens with zero attached hydrogens (tertiary/aromatic N) is 1. The van der Waals surface area contributed by atoms with E-state index >= 15 is 0 Å². The van der Waals surface area contributed by atoms with Crippen LogP contribution in [0.4, 0.5) is 0 Å². The van der Waals surface area contributed by atoms with Crippen LogP contribution in [0.2, 0.25) is 0 Å². The molecule has 0 aliphatic carbocycles. The van der Waals surface area contributed by atoms with Gasteiger partial charge in [-0.1, -0.05) is 6.92 Å². The van der Waals surface area contributed by atoms with Crippen LogP contribution in [0, 0.1) is 13.8 Å². The molecule has 0 spiro atoms. The molecule has 8 heteroatoms. The van der Waals surface area contributed by atoms with E-state index in [1.54, 1.807) is 24.0 Å². The van der Waals surface area contributed by atoms with Crippen molar-refractivity contribution in [2.75, 3.05) is 18.1 Å². The van der Waals surface area contributed by atoms with Crippen molar-refractivity contribution in [2.24, 2.45) is 0 Å². The van der Waals surface area contributed by atoms with Crippen LogP contribution < -0.4 is 10.4 Å². The Morgan fingerprint density at radius 2 is 2.07 bits per heavy atom. The zero-order valence-corrected chi connectivity index (χ0v) is 18.0. The summed E-state index contributed by atoms with van der Waals surface area (Å²) < 4.78 is 34.9. The van der Waals surface area contributed by atoms with Crippen molar-refractivity contribution in [3.8, 4) is 5.75 Å². The van der Waals surface area contributed by atoms with Gasteiger partial charge in [0.1, 0.15) is 11.3 Å². The second-order valence-corrected chi connectivity index (χ2v) is 9.95. The molecule has 3 rings (SSSR count). The number of carbonyl (C=O) groups is 1. The van der Waals surface area contributed by atoms with Crippen molar-refractivity contribution < 1.29 is 22.4 Å². The molecule has 29 heavy (non-hydrogen) atoms. The molecule has 158 valence electrons. The number of rotatable bonds is 6. The number of sulfone groups is 1. The second kappa shape index (κ2) is 8.18. The third-order valence-corrected chi connectivity index (χ3v) is 7.38. The van der Waals surface area contributed by atoms with Gasteiger partial charge in [0.15, 0.2) is 16.4 Å². The molecular weight excluding hydrogens is 394 g/mol. The van der Waals surface area contributed by atoms with Crippen LogP contribution in [-0.4, -0.2) is 49.4 Å². The first-order valence-electron chi connectivity index (χ1n) is 9.81. The molecule has 1 saturated heterocycles. The van der Waals surface area contributed by atoms with Crippen LogP contribution in [0.25, 0.3) is 11.0 Å². The van der Waals surface area contributed by atoms with Gasteiger partial charge >= 0.3 is 5.63 Å². The van der Waals surface area contributed by atoms with Gasteiger partial charge in [0.05, 0.1) is 11.5 Å². The number of ether oxygens (including phenoxy) is 1. The molecule has 1 amide bonds. The number of amides is 1. The molecule has 0 unspecified atom stereocenters. The fourth-order valence-corrected chi connectivity index (χ4v) is 5.58. The predicted molar refractivity (Wildman–Crippen MR) is 111 cm³/mol. The van der Waals surface area contributed by atoms with Gasteiger partial charge in [-0.05, 0) is 51.3 Å². The molecule has 7 nitrogen and oxygen atoms in total. The first-order chi connectivity index (χ1) is 13.6. The Morgan fingerprint density at radius 1 is 1.34 bits per heavy atom. The molecule has 0 saturated carbocycles. The summed E-state index contributed by atoms with van der Waals surface area (Å²) in [5.41, 5.74) is 1.47. The van der Waals surface area contributed by atoms with E-state index in [2.05, 4.69) is 0 Å². The average molecular weight is 422 g/mol. The second-order valence-electron chi connectivity index (χ2n) is 7.72. The maximum atomic E-state index is 12.9. The summed E-state index contributed by atoms with van der Waals surface area (Å²) >= 11 is 0. The van der Waals surface area contributed by atoms with E-state index in [9.17, 15) is 18.0 Å². The molecule has 1 aromatic carbocycles. The van der Waals surface area contributed by atoms with Crippen LogP contribution in [0.5, 0.6) is 5.75 Å². The van der Waals surface area contributed by atoms with Crippen LogP contribution in [-0.2, 0) is 14.6 Å². The Morgan fingerprint density at radius 3 is 2.69 bits per heavy atom. The van der Waals surface area contributed by atoms with E-state index in [0.717, 1.165) is 17.4 Å². The zero-order valence-electron chi connectivity index (χ0n) is 17.2. The SMILES string of the molecule is CC[C@H](C)N(C(=O)COc1ccc2c(C)cc(=O)oc2c1C)[C@@H]1CCS(=O)(=O)C1. The molecule has 0 bridgehead atoms. The standard InChI is InChI=1S/C21H27NO6S/c1-5-14(3)22(16-8-9-29(25,26)12-16)19(23)11-27-18-7-6-17-13(2)10-20(24)28-21(17)15(18)4/h6-7,10,14,16H,5,8-9,11-12H2,1-4H3/t14-,16+/m0/s1. The molecule has 1 fully saturated rings. The van der Waals surface area contributed by atoms with Crippen molar-refractivity contribution in [1.82, 2.24) is 4.90 Å². The van der Waals surface area contributed by atoms with Crippen molar-refractivity contribution in [1.29, 1.82) is 0 Å². The lowest BCUT2D eigenvalue weighted by atomic mass is 10.1. The van der Waals surface area contributed by atoms with Crippen molar-refractivity contribution in [2.45, 2.75) is 52.6 Å². The number of aryl methyl sites for hydroxylation is 2.